The Balaban J connectivity index is 1.42. The molecule has 1 aliphatic carbocycles. The number of hydrogen-bond acceptors (Lipinski definition) is 5. The molecule has 2 heterocycles. The number of likely N-dealkylation sites (N-methyl/N-ethyl adjacent to an activating group) is 1. The Bertz CT molecular complexity index is 340. The van der Waals surface area contributed by atoms with Crippen LogP contribution in [0.15, 0.2) is 0 Å². The fourth-order valence-electron chi connectivity index (χ4n) is 4.56. The molecule has 0 amide bonds. The van der Waals surface area contributed by atoms with E-state index in [2.05, 4.69) is 34.3 Å². The topological polar surface area (TPSA) is 39.8 Å². The Morgan fingerprint density at radius 3 is 2.74 bits per heavy atom. The van der Waals surface area contributed by atoms with Gasteiger partial charge in [0.2, 0.25) is 0 Å². The third kappa shape index (κ3) is 4.67. The van der Waals surface area contributed by atoms with E-state index in [1.165, 1.54) is 52.0 Å². The first kappa shape index (κ1) is 17.6. The second-order valence-corrected chi connectivity index (χ2v) is 7.56. The van der Waals surface area contributed by atoms with Crippen molar-refractivity contribution in [1.29, 1.82) is 0 Å². The molecule has 2 aliphatic heterocycles. The zero-order valence-corrected chi connectivity index (χ0v) is 15.1. The third-order valence-corrected chi connectivity index (χ3v) is 6.19. The molecule has 0 bridgehead atoms. The molecule has 3 aliphatic rings. The summed E-state index contributed by atoms with van der Waals surface area (Å²) in [7, 11) is 0. The Kier molecular flexibility index (Phi) is 6.72. The predicted octanol–water partition coefficient (Wildman–Crippen LogP) is 0.759. The highest BCUT2D eigenvalue weighted by molar-refractivity contribution is 4.92. The van der Waals surface area contributed by atoms with E-state index in [0.717, 1.165) is 32.2 Å². The number of morpholine rings is 1. The molecule has 0 aromatic heterocycles. The number of ether oxygens (including phenoxy) is 1. The molecule has 1 saturated carbocycles. The lowest BCUT2D eigenvalue weighted by Gasteiger charge is -2.39. The van der Waals surface area contributed by atoms with Crippen molar-refractivity contribution >= 4 is 0 Å². The summed E-state index contributed by atoms with van der Waals surface area (Å²) in [5.74, 6) is 0.749. The number of nitrogens with one attached hydrogen (secondary N) is 2. The maximum absolute atomic E-state index is 5.68. The van der Waals surface area contributed by atoms with Crippen LogP contribution >= 0.6 is 0 Å². The maximum atomic E-state index is 5.68. The van der Waals surface area contributed by atoms with Crippen molar-refractivity contribution in [3.05, 3.63) is 0 Å². The van der Waals surface area contributed by atoms with Gasteiger partial charge in [0.15, 0.2) is 0 Å². The zero-order chi connectivity index (χ0) is 16.1. The van der Waals surface area contributed by atoms with Crippen LogP contribution in [0.25, 0.3) is 0 Å². The number of piperazine rings is 1. The largest absolute Gasteiger partial charge is 0.379 e. The van der Waals surface area contributed by atoms with E-state index >= 15 is 0 Å². The first-order valence-corrected chi connectivity index (χ1v) is 9.79. The van der Waals surface area contributed by atoms with E-state index in [0.29, 0.717) is 18.1 Å². The molecule has 2 saturated heterocycles. The molecule has 5 heteroatoms. The Morgan fingerprint density at radius 1 is 1.22 bits per heavy atom. The van der Waals surface area contributed by atoms with Gasteiger partial charge in [-0.25, -0.2) is 0 Å². The van der Waals surface area contributed by atoms with Crippen molar-refractivity contribution in [1.82, 2.24) is 20.4 Å². The summed E-state index contributed by atoms with van der Waals surface area (Å²) in [6.45, 7) is 14.7. The number of rotatable bonds is 6. The predicted molar refractivity (Wildman–Crippen MR) is 94.9 cm³/mol. The lowest BCUT2D eigenvalue weighted by atomic mass is 9.94. The van der Waals surface area contributed by atoms with Crippen molar-refractivity contribution in [3.8, 4) is 0 Å². The van der Waals surface area contributed by atoms with Crippen LogP contribution in [0, 0.1) is 5.92 Å². The van der Waals surface area contributed by atoms with E-state index in [1.54, 1.807) is 0 Å². The molecule has 2 N–H and O–H groups in total. The van der Waals surface area contributed by atoms with Gasteiger partial charge in [-0.2, -0.15) is 0 Å². The smallest absolute Gasteiger partial charge is 0.0623 e. The molecule has 134 valence electrons. The third-order valence-electron chi connectivity index (χ3n) is 6.19. The average molecular weight is 325 g/mol. The van der Waals surface area contributed by atoms with Crippen molar-refractivity contribution < 1.29 is 4.74 Å². The van der Waals surface area contributed by atoms with Gasteiger partial charge in [0.1, 0.15) is 0 Å². The molecule has 4 atom stereocenters. The minimum Gasteiger partial charge on any atom is -0.379 e. The van der Waals surface area contributed by atoms with Gasteiger partial charge in [-0.15, -0.1) is 0 Å². The first-order chi connectivity index (χ1) is 11.3. The molecule has 0 aromatic rings. The minimum absolute atomic E-state index is 0.562. The van der Waals surface area contributed by atoms with Crippen LogP contribution in [0.2, 0.25) is 0 Å². The van der Waals surface area contributed by atoms with Gasteiger partial charge in [0.05, 0.1) is 13.2 Å². The standard InChI is InChI=1S/C18H36N4O/c1-3-21-8-10-22(11-9-21)15(2)13-20-17-6-4-5-16(17)18-14-23-12-7-19-18/h15-20H,3-14H2,1-2H3. The van der Waals surface area contributed by atoms with Crippen molar-refractivity contribution in [2.24, 2.45) is 5.92 Å². The summed E-state index contributed by atoms with van der Waals surface area (Å²) in [4.78, 5) is 5.21. The lowest BCUT2D eigenvalue weighted by molar-refractivity contribution is 0.0512. The van der Waals surface area contributed by atoms with Crippen LogP contribution in [-0.4, -0.2) is 87.0 Å². The summed E-state index contributed by atoms with van der Waals surface area (Å²) in [6.07, 6.45) is 4.05. The summed E-state index contributed by atoms with van der Waals surface area (Å²) in [6, 6.07) is 1.88. The van der Waals surface area contributed by atoms with Crippen molar-refractivity contribution in [3.63, 3.8) is 0 Å². The van der Waals surface area contributed by atoms with E-state index in [1.807, 2.05) is 0 Å². The molecule has 5 nitrogen and oxygen atoms in total. The molecule has 3 fully saturated rings. The quantitative estimate of drug-likeness (QED) is 0.755. The summed E-state index contributed by atoms with van der Waals surface area (Å²) < 4.78 is 5.68. The highest BCUT2D eigenvalue weighted by Crippen LogP contribution is 2.29. The van der Waals surface area contributed by atoms with E-state index < -0.39 is 0 Å². The zero-order valence-electron chi connectivity index (χ0n) is 15.1. The van der Waals surface area contributed by atoms with Gasteiger partial charge in [-0.1, -0.05) is 13.3 Å². The second kappa shape index (κ2) is 8.77. The van der Waals surface area contributed by atoms with Gasteiger partial charge in [0, 0.05) is 57.4 Å². The average Bonchev–Trinajstić information content (AvgIpc) is 3.09. The highest BCUT2D eigenvalue weighted by atomic mass is 16.5. The van der Waals surface area contributed by atoms with Crippen LogP contribution in [0.1, 0.15) is 33.1 Å². The van der Waals surface area contributed by atoms with Crippen LogP contribution in [0.3, 0.4) is 0 Å². The Hall–Kier alpha value is -0.200. The van der Waals surface area contributed by atoms with Gasteiger partial charge in [-0.3, -0.25) is 4.90 Å². The highest BCUT2D eigenvalue weighted by Gasteiger charge is 2.34. The maximum Gasteiger partial charge on any atom is 0.0623 e. The molecule has 4 unspecified atom stereocenters. The molecule has 0 aromatic carbocycles. The molecular formula is C18H36N4O. The monoisotopic (exact) mass is 324 g/mol. The van der Waals surface area contributed by atoms with Crippen LogP contribution in [-0.2, 0) is 4.74 Å². The normalized spacial score (nSPS) is 35.5. The summed E-state index contributed by atoms with van der Waals surface area (Å²) >= 11 is 0. The van der Waals surface area contributed by atoms with Crippen molar-refractivity contribution in [2.75, 3.05) is 59.0 Å². The van der Waals surface area contributed by atoms with Gasteiger partial charge >= 0.3 is 0 Å². The fraction of sp³-hybridized carbons (Fsp3) is 1.00. The van der Waals surface area contributed by atoms with Crippen LogP contribution in [0.4, 0.5) is 0 Å². The van der Waals surface area contributed by atoms with Crippen LogP contribution < -0.4 is 10.6 Å². The Morgan fingerprint density at radius 2 is 2.04 bits per heavy atom. The second-order valence-electron chi connectivity index (χ2n) is 7.56. The van der Waals surface area contributed by atoms with E-state index in [9.17, 15) is 0 Å². The fourth-order valence-corrected chi connectivity index (χ4v) is 4.56. The Labute approximate surface area is 142 Å². The summed E-state index contributed by atoms with van der Waals surface area (Å²) in [5, 5.41) is 7.57. The van der Waals surface area contributed by atoms with Crippen LogP contribution in [0.5, 0.6) is 0 Å². The summed E-state index contributed by atoms with van der Waals surface area (Å²) in [5.41, 5.74) is 0. The molecule has 23 heavy (non-hydrogen) atoms. The van der Waals surface area contributed by atoms with E-state index in [4.69, 9.17) is 4.74 Å². The van der Waals surface area contributed by atoms with Gasteiger partial charge in [-0.05, 0) is 32.2 Å². The molecular weight excluding hydrogens is 288 g/mol. The van der Waals surface area contributed by atoms with E-state index in [-0.39, 0.29) is 0 Å². The minimum atomic E-state index is 0.562. The lowest BCUT2D eigenvalue weighted by Crippen LogP contribution is -2.54. The van der Waals surface area contributed by atoms with Crippen molar-refractivity contribution in [2.45, 2.75) is 51.2 Å². The SMILES string of the molecule is CCN1CCN(C(C)CNC2CCCC2C2COCCN2)CC1. The molecule has 0 radical (unpaired) electrons. The van der Waals surface area contributed by atoms with Gasteiger partial charge in [0.25, 0.3) is 0 Å². The molecule has 3 rings (SSSR count). The molecule has 0 spiro atoms. The number of hydrogen-bond donors (Lipinski definition) is 2. The number of nitrogens with zero attached hydrogens (tertiary/aromatic N) is 2. The first-order valence-electron chi connectivity index (χ1n) is 9.79. The van der Waals surface area contributed by atoms with Gasteiger partial charge < -0.3 is 20.3 Å².